The zero-order valence-corrected chi connectivity index (χ0v) is 10.9. The fraction of sp³-hybridized carbons (Fsp3) is 0.143. The highest BCUT2D eigenvalue weighted by Gasteiger charge is 2.26. The van der Waals surface area contributed by atoms with Crippen LogP contribution in [-0.4, -0.2) is 7.11 Å². The van der Waals surface area contributed by atoms with Gasteiger partial charge in [-0.3, -0.25) is 4.57 Å². The molecule has 0 radical (unpaired) electrons. The van der Waals surface area contributed by atoms with Gasteiger partial charge in [-0.25, -0.2) is 0 Å². The van der Waals surface area contributed by atoms with E-state index in [0.717, 1.165) is 16.2 Å². The van der Waals surface area contributed by atoms with Gasteiger partial charge in [-0.05, 0) is 31.2 Å². The lowest BCUT2D eigenvalue weighted by molar-refractivity contribution is 0.412. The molecular weight excluding hydrogens is 231 g/mol. The Kier molecular flexibility index (Phi) is 3.46. The van der Waals surface area contributed by atoms with Crippen molar-refractivity contribution in [3.05, 3.63) is 60.2 Å². The molecule has 2 aromatic carbocycles. The van der Waals surface area contributed by atoms with Gasteiger partial charge in [0.1, 0.15) is 0 Å². The molecule has 0 N–H and O–H groups in total. The zero-order chi connectivity index (χ0) is 12.3. The van der Waals surface area contributed by atoms with Crippen LogP contribution in [0.4, 0.5) is 0 Å². The van der Waals surface area contributed by atoms with Crippen LogP contribution in [0.5, 0.6) is 0 Å². The molecule has 0 saturated heterocycles. The van der Waals surface area contributed by atoms with Crippen molar-refractivity contribution in [3.8, 4) is 0 Å². The van der Waals surface area contributed by atoms with E-state index in [2.05, 4.69) is 0 Å². The van der Waals surface area contributed by atoms with E-state index in [0.29, 0.717) is 0 Å². The van der Waals surface area contributed by atoms with E-state index in [9.17, 15) is 4.57 Å². The highest BCUT2D eigenvalue weighted by atomic mass is 31.2. The van der Waals surface area contributed by atoms with Crippen molar-refractivity contribution in [3.63, 3.8) is 0 Å². The van der Waals surface area contributed by atoms with Crippen molar-refractivity contribution in [1.82, 2.24) is 0 Å². The average Bonchev–Trinajstić information content (AvgIpc) is 2.39. The Morgan fingerprint density at radius 1 is 0.941 bits per heavy atom. The lowest BCUT2D eigenvalue weighted by Crippen LogP contribution is -2.17. The number of hydrogen-bond acceptors (Lipinski definition) is 2. The number of aryl methyl sites for hydroxylation is 1. The van der Waals surface area contributed by atoms with Crippen LogP contribution in [0.15, 0.2) is 54.6 Å². The SMILES string of the molecule is COP(=O)(c1ccccc1)c1cccc(C)c1. The fourth-order valence-electron chi connectivity index (χ4n) is 1.80. The standard InChI is InChI=1S/C14H15O2P/c1-12-7-6-10-14(11-12)17(15,16-2)13-8-4-3-5-9-13/h3-11H,1-2H3. The van der Waals surface area contributed by atoms with E-state index in [1.165, 1.54) is 7.11 Å². The molecule has 1 atom stereocenters. The molecule has 0 saturated carbocycles. The molecule has 0 amide bonds. The quantitative estimate of drug-likeness (QED) is 0.778. The van der Waals surface area contributed by atoms with Gasteiger partial charge in [-0.15, -0.1) is 0 Å². The summed E-state index contributed by atoms with van der Waals surface area (Å²) in [6.45, 7) is 1.98. The van der Waals surface area contributed by atoms with Crippen molar-refractivity contribution in [2.75, 3.05) is 7.11 Å². The maximum Gasteiger partial charge on any atom is 0.261 e. The molecule has 2 aromatic rings. The molecule has 0 aliphatic carbocycles. The van der Waals surface area contributed by atoms with Crippen LogP contribution < -0.4 is 10.6 Å². The smallest absolute Gasteiger partial charge is 0.261 e. The topological polar surface area (TPSA) is 26.3 Å². The van der Waals surface area contributed by atoms with Crippen LogP contribution in [0, 0.1) is 6.92 Å². The second-order valence-corrected chi connectivity index (χ2v) is 6.41. The molecule has 0 aliphatic heterocycles. The molecule has 0 spiro atoms. The third-order valence-corrected chi connectivity index (χ3v) is 5.15. The van der Waals surface area contributed by atoms with Crippen molar-refractivity contribution >= 4 is 18.0 Å². The Balaban J connectivity index is 2.56. The van der Waals surface area contributed by atoms with Crippen molar-refractivity contribution < 1.29 is 9.09 Å². The minimum absolute atomic E-state index is 0.730. The number of rotatable bonds is 3. The van der Waals surface area contributed by atoms with Gasteiger partial charge in [-0.1, -0.05) is 35.9 Å². The predicted octanol–water partition coefficient (Wildman–Crippen LogP) is 2.87. The van der Waals surface area contributed by atoms with Gasteiger partial charge in [0, 0.05) is 17.7 Å². The first-order valence-electron chi connectivity index (χ1n) is 5.45. The summed E-state index contributed by atoms with van der Waals surface area (Å²) in [6, 6.07) is 17.0. The first-order valence-corrected chi connectivity index (χ1v) is 7.08. The Bertz CT molecular complexity index is 549. The molecular formula is C14H15O2P. The summed E-state index contributed by atoms with van der Waals surface area (Å²) in [6.07, 6.45) is 0. The van der Waals surface area contributed by atoms with Gasteiger partial charge < -0.3 is 4.52 Å². The molecule has 1 unspecified atom stereocenters. The average molecular weight is 246 g/mol. The van der Waals surface area contributed by atoms with Gasteiger partial charge in [0.15, 0.2) is 0 Å². The van der Waals surface area contributed by atoms with Crippen molar-refractivity contribution in [2.24, 2.45) is 0 Å². The summed E-state index contributed by atoms with van der Waals surface area (Å²) in [5, 5.41) is 1.47. The van der Waals surface area contributed by atoms with Crippen LogP contribution in [0.2, 0.25) is 0 Å². The highest BCUT2D eigenvalue weighted by molar-refractivity contribution is 7.74. The predicted molar refractivity (Wildman–Crippen MR) is 71.5 cm³/mol. The molecule has 2 rings (SSSR count). The zero-order valence-electron chi connectivity index (χ0n) is 9.96. The van der Waals surface area contributed by atoms with Crippen molar-refractivity contribution in [2.45, 2.75) is 6.92 Å². The lowest BCUT2D eigenvalue weighted by atomic mass is 10.2. The van der Waals surface area contributed by atoms with Crippen LogP contribution in [-0.2, 0) is 9.09 Å². The van der Waals surface area contributed by atoms with Crippen LogP contribution in [0.25, 0.3) is 0 Å². The molecule has 0 heterocycles. The molecule has 0 bridgehead atoms. The summed E-state index contributed by atoms with van der Waals surface area (Å²) >= 11 is 0. The van der Waals surface area contributed by atoms with Crippen LogP contribution >= 0.6 is 7.37 Å². The van der Waals surface area contributed by atoms with E-state index in [-0.39, 0.29) is 0 Å². The maximum absolute atomic E-state index is 12.9. The Hall–Kier alpha value is -1.37. The molecule has 0 fully saturated rings. The summed E-state index contributed by atoms with van der Waals surface area (Å²) in [5.74, 6) is 0. The summed E-state index contributed by atoms with van der Waals surface area (Å²) in [5.41, 5.74) is 1.08. The Morgan fingerprint density at radius 3 is 2.18 bits per heavy atom. The third kappa shape index (κ3) is 2.33. The van der Waals surface area contributed by atoms with Gasteiger partial charge in [0.2, 0.25) is 0 Å². The Labute approximate surface area is 102 Å². The Morgan fingerprint density at radius 2 is 1.59 bits per heavy atom. The van der Waals surface area contributed by atoms with Crippen LogP contribution in [0.3, 0.4) is 0 Å². The van der Waals surface area contributed by atoms with Gasteiger partial charge in [-0.2, -0.15) is 0 Å². The second kappa shape index (κ2) is 4.87. The molecule has 0 aromatic heterocycles. The first-order chi connectivity index (χ1) is 8.16. The van der Waals surface area contributed by atoms with E-state index >= 15 is 0 Å². The highest BCUT2D eigenvalue weighted by Crippen LogP contribution is 2.43. The van der Waals surface area contributed by atoms with E-state index < -0.39 is 7.37 Å². The molecule has 88 valence electrons. The molecule has 17 heavy (non-hydrogen) atoms. The van der Waals surface area contributed by atoms with Crippen LogP contribution in [0.1, 0.15) is 5.56 Å². The largest absolute Gasteiger partial charge is 0.325 e. The lowest BCUT2D eigenvalue weighted by Gasteiger charge is -2.17. The second-order valence-electron chi connectivity index (χ2n) is 3.91. The number of benzene rings is 2. The van der Waals surface area contributed by atoms with Crippen molar-refractivity contribution in [1.29, 1.82) is 0 Å². The summed E-state index contributed by atoms with van der Waals surface area (Å²) in [7, 11) is -1.44. The van der Waals surface area contributed by atoms with E-state index in [1.54, 1.807) is 0 Å². The normalized spacial score (nSPS) is 14.2. The third-order valence-electron chi connectivity index (χ3n) is 2.69. The minimum Gasteiger partial charge on any atom is -0.325 e. The fourth-order valence-corrected chi connectivity index (χ4v) is 3.74. The molecule has 2 nitrogen and oxygen atoms in total. The maximum atomic E-state index is 12.9. The van der Waals surface area contributed by atoms with Gasteiger partial charge >= 0.3 is 0 Å². The van der Waals surface area contributed by atoms with Gasteiger partial charge in [0.05, 0.1) is 0 Å². The minimum atomic E-state index is -2.93. The molecule has 3 heteroatoms. The van der Waals surface area contributed by atoms with Gasteiger partial charge in [0.25, 0.3) is 7.37 Å². The monoisotopic (exact) mass is 246 g/mol. The first kappa shape index (κ1) is 12.1. The van der Waals surface area contributed by atoms with E-state index in [1.807, 2.05) is 61.5 Å². The van der Waals surface area contributed by atoms with E-state index in [4.69, 9.17) is 4.52 Å². The molecule has 0 aliphatic rings. The summed E-state index contributed by atoms with van der Waals surface area (Å²) in [4.78, 5) is 0. The number of hydrogen-bond donors (Lipinski definition) is 0. The summed E-state index contributed by atoms with van der Waals surface area (Å²) < 4.78 is 18.2.